The molecule has 0 saturated heterocycles. The fraction of sp³-hybridized carbons (Fsp3) is 0.500. The quantitative estimate of drug-likeness (QED) is 0.674. The molecule has 0 fully saturated rings. The zero-order chi connectivity index (χ0) is 11.1. The van der Waals surface area contributed by atoms with Gasteiger partial charge in [0, 0.05) is 14.2 Å². The average molecular weight is 210 g/mol. The van der Waals surface area contributed by atoms with Crippen molar-refractivity contribution >= 4 is 0 Å². The molecule has 0 aliphatic rings. The van der Waals surface area contributed by atoms with E-state index in [1.54, 1.807) is 14.2 Å². The first-order valence-corrected chi connectivity index (χ1v) is 4.99. The molecule has 0 spiro atoms. The zero-order valence-corrected chi connectivity index (χ0v) is 9.47. The van der Waals surface area contributed by atoms with Crippen LogP contribution >= 0.6 is 0 Å². The van der Waals surface area contributed by atoms with Crippen molar-refractivity contribution < 1.29 is 14.2 Å². The lowest BCUT2D eigenvalue weighted by atomic mass is 10.2. The maximum Gasteiger partial charge on any atom is 0.182 e. The third-order valence-corrected chi connectivity index (χ3v) is 2.20. The maximum atomic E-state index is 5.62. The molecule has 0 unspecified atom stereocenters. The van der Waals surface area contributed by atoms with Crippen molar-refractivity contribution in [2.75, 3.05) is 14.2 Å². The lowest BCUT2D eigenvalue weighted by molar-refractivity contribution is -0.178. The van der Waals surface area contributed by atoms with Crippen molar-refractivity contribution in [3.05, 3.63) is 35.9 Å². The van der Waals surface area contributed by atoms with Gasteiger partial charge in [-0.1, -0.05) is 30.3 Å². The zero-order valence-electron chi connectivity index (χ0n) is 9.47. The smallest absolute Gasteiger partial charge is 0.182 e. The van der Waals surface area contributed by atoms with Crippen LogP contribution in [-0.2, 0) is 20.8 Å². The highest BCUT2D eigenvalue weighted by Gasteiger charge is 2.15. The van der Waals surface area contributed by atoms with Gasteiger partial charge in [0.1, 0.15) is 6.10 Å². The summed E-state index contributed by atoms with van der Waals surface area (Å²) in [6, 6.07) is 10.0. The van der Waals surface area contributed by atoms with E-state index < -0.39 is 0 Å². The van der Waals surface area contributed by atoms with Crippen LogP contribution in [0.1, 0.15) is 12.5 Å². The van der Waals surface area contributed by atoms with Gasteiger partial charge in [-0.15, -0.1) is 0 Å². The lowest BCUT2D eigenvalue weighted by Gasteiger charge is -2.21. The van der Waals surface area contributed by atoms with Crippen LogP contribution in [-0.4, -0.2) is 26.6 Å². The molecule has 1 atom stereocenters. The van der Waals surface area contributed by atoms with Gasteiger partial charge >= 0.3 is 0 Å². The standard InChI is InChI=1S/C12H18O3/c1-10(12(13-2)14-3)15-9-11-7-5-4-6-8-11/h4-8,10,12H,9H2,1-3H3/t10-/m0/s1. The number of ether oxygens (including phenoxy) is 3. The molecule has 3 heteroatoms. The van der Waals surface area contributed by atoms with Crippen molar-refractivity contribution in [3.63, 3.8) is 0 Å². The third kappa shape index (κ3) is 4.00. The molecule has 15 heavy (non-hydrogen) atoms. The van der Waals surface area contributed by atoms with Crippen molar-refractivity contribution in [2.45, 2.75) is 25.9 Å². The molecule has 1 rings (SSSR count). The number of hydrogen-bond acceptors (Lipinski definition) is 3. The first kappa shape index (κ1) is 12.2. The molecule has 3 nitrogen and oxygen atoms in total. The Morgan fingerprint density at radius 3 is 2.20 bits per heavy atom. The van der Waals surface area contributed by atoms with Crippen molar-refractivity contribution in [1.82, 2.24) is 0 Å². The van der Waals surface area contributed by atoms with E-state index in [0.29, 0.717) is 6.61 Å². The first-order chi connectivity index (χ1) is 7.27. The van der Waals surface area contributed by atoms with Crippen LogP contribution in [0.15, 0.2) is 30.3 Å². The van der Waals surface area contributed by atoms with E-state index in [0.717, 1.165) is 5.56 Å². The molecule has 0 radical (unpaired) electrons. The Hall–Kier alpha value is -0.900. The van der Waals surface area contributed by atoms with Crippen LogP contribution in [0.5, 0.6) is 0 Å². The summed E-state index contributed by atoms with van der Waals surface area (Å²) in [4.78, 5) is 0. The second-order valence-corrected chi connectivity index (χ2v) is 3.34. The van der Waals surface area contributed by atoms with Crippen LogP contribution < -0.4 is 0 Å². The lowest BCUT2D eigenvalue weighted by Crippen LogP contribution is -2.29. The number of hydrogen-bond donors (Lipinski definition) is 0. The fourth-order valence-corrected chi connectivity index (χ4v) is 1.36. The van der Waals surface area contributed by atoms with Gasteiger partial charge in [0.05, 0.1) is 6.61 Å². The molecule has 1 aromatic rings. The summed E-state index contributed by atoms with van der Waals surface area (Å²) in [5.74, 6) is 0. The molecule has 0 amide bonds. The van der Waals surface area contributed by atoms with Gasteiger partial charge in [0.25, 0.3) is 0 Å². The molecule has 84 valence electrons. The summed E-state index contributed by atoms with van der Waals surface area (Å²) in [5, 5.41) is 0. The van der Waals surface area contributed by atoms with Gasteiger partial charge in [-0.3, -0.25) is 0 Å². The largest absolute Gasteiger partial charge is 0.369 e. The van der Waals surface area contributed by atoms with Gasteiger partial charge in [-0.25, -0.2) is 0 Å². The average Bonchev–Trinajstić information content (AvgIpc) is 2.29. The maximum absolute atomic E-state index is 5.62. The first-order valence-electron chi connectivity index (χ1n) is 4.99. The molecule has 0 aliphatic heterocycles. The van der Waals surface area contributed by atoms with Gasteiger partial charge in [-0.2, -0.15) is 0 Å². The summed E-state index contributed by atoms with van der Waals surface area (Å²) in [6.07, 6.45) is -0.395. The molecule has 0 aromatic heterocycles. The number of benzene rings is 1. The Labute approximate surface area is 91.0 Å². The predicted molar refractivity (Wildman–Crippen MR) is 58.5 cm³/mol. The van der Waals surface area contributed by atoms with E-state index in [9.17, 15) is 0 Å². The fourth-order valence-electron chi connectivity index (χ4n) is 1.36. The number of rotatable bonds is 6. The van der Waals surface area contributed by atoms with Gasteiger partial charge in [0.15, 0.2) is 6.29 Å². The Bertz CT molecular complexity index is 257. The molecular weight excluding hydrogens is 192 g/mol. The minimum Gasteiger partial charge on any atom is -0.369 e. The highest BCUT2D eigenvalue weighted by atomic mass is 16.7. The number of methoxy groups -OCH3 is 2. The van der Waals surface area contributed by atoms with Crippen LogP contribution in [0, 0.1) is 0 Å². The molecular formula is C12H18O3. The van der Waals surface area contributed by atoms with E-state index in [2.05, 4.69) is 0 Å². The molecule has 1 aromatic carbocycles. The van der Waals surface area contributed by atoms with E-state index in [1.165, 1.54) is 0 Å². The van der Waals surface area contributed by atoms with Crippen LogP contribution in [0.3, 0.4) is 0 Å². The summed E-state index contributed by atoms with van der Waals surface area (Å²) < 4.78 is 15.8. The second kappa shape index (κ2) is 6.56. The highest BCUT2D eigenvalue weighted by molar-refractivity contribution is 5.13. The molecule has 0 bridgehead atoms. The molecule has 0 saturated carbocycles. The summed E-state index contributed by atoms with van der Waals surface area (Å²) >= 11 is 0. The summed E-state index contributed by atoms with van der Waals surface area (Å²) in [6.45, 7) is 2.51. The van der Waals surface area contributed by atoms with E-state index in [4.69, 9.17) is 14.2 Å². The van der Waals surface area contributed by atoms with Gasteiger partial charge in [-0.05, 0) is 12.5 Å². The normalized spacial score (nSPS) is 13.1. The summed E-state index contributed by atoms with van der Waals surface area (Å²) in [7, 11) is 3.22. The van der Waals surface area contributed by atoms with E-state index >= 15 is 0 Å². The van der Waals surface area contributed by atoms with Crippen LogP contribution in [0.25, 0.3) is 0 Å². The van der Waals surface area contributed by atoms with E-state index in [-0.39, 0.29) is 12.4 Å². The van der Waals surface area contributed by atoms with E-state index in [1.807, 2.05) is 37.3 Å². The SMILES string of the molecule is COC(OC)[C@H](C)OCc1ccccc1. The third-order valence-electron chi connectivity index (χ3n) is 2.20. The molecule has 0 aliphatic carbocycles. The Balaban J connectivity index is 2.36. The minimum absolute atomic E-state index is 0.0831. The van der Waals surface area contributed by atoms with Crippen molar-refractivity contribution in [1.29, 1.82) is 0 Å². The van der Waals surface area contributed by atoms with Crippen molar-refractivity contribution in [3.8, 4) is 0 Å². The molecule has 0 heterocycles. The Kier molecular flexibility index (Phi) is 5.32. The Morgan fingerprint density at radius 1 is 1.07 bits per heavy atom. The van der Waals surface area contributed by atoms with Gasteiger partial charge < -0.3 is 14.2 Å². The van der Waals surface area contributed by atoms with Crippen LogP contribution in [0.4, 0.5) is 0 Å². The van der Waals surface area contributed by atoms with Crippen molar-refractivity contribution in [2.24, 2.45) is 0 Å². The summed E-state index contributed by atoms with van der Waals surface area (Å²) in [5.41, 5.74) is 1.15. The second-order valence-electron chi connectivity index (χ2n) is 3.34. The van der Waals surface area contributed by atoms with Crippen LogP contribution in [0.2, 0.25) is 0 Å². The highest BCUT2D eigenvalue weighted by Crippen LogP contribution is 2.08. The predicted octanol–water partition coefficient (Wildman–Crippen LogP) is 2.21. The minimum atomic E-state index is -0.311. The molecule has 0 N–H and O–H groups in total. The Morgan fingerprint density at radius 2 is 1.67 bits per heavy atom. The monoisotopic (exact) mass is 210 g/mol. The van der Waals surface area contributed by atoms with Gasteiger partial charge in [0.2, 0.25) is 0 Å². The topological polar surface area (TPSA) is 27.7 Å².